The first-order valence-corrected chi connectivity index (χ1v) is 17.7. The minimum Gasteiger partial charge on any atom is -0.143 e. The van der Waals surface area contributed by atoms with Gasteiger partial charge in [-0.2, -0.15) is 0 Å². The van der Waals surface area contributed by atoms with Crippen LogP contribution in [-0.4, -0.2) is 0 Å². The molecule has 0 saturated carbocycles. The summed E-state index contributed by atoms with van der Waals surface area (Å²) in [4.78, 5) is 1.51. The fourth-order valence-corrected chi connectivity index (χ4v) is 8.92. The van der Waals surface area contributed by atoms with E-state index < -0.39 is 0 Å². The predicted molar refractivity (Wildman–Crippen MR) is 187 cm³/mol. The van der Waals surface area contributed by atoms with Crippen molar-refractivity contribution in [3.63, 3.8) is 0 Å². The summed E-state index contributed by atoms with van der Waals surface area (Å²) >= 11 is 3.95. The Labute approximate surface area is 259 Å². The van der Waals surface area contributed by atoms with E-state index in [9.17, 15) is 0 Å². The number of aryl methyl sites for hydroxylation is 6. The summed E-state index contributed by atoms with van der Waals surface area (Å²) in [6, 6.07) is 30.6. The topological polar surface area (TPSA) is 0 Å². The third-order valence-corrected chi connectivity index (χ3v) is 11.3. The Kier molecular flexibility index (Phi) is 8.02. The summed E-state index contributed by atoms with van der Waals surface area (Å²) in [6.07, 6.45) is 11.9. The van der Waals surface area contributed by atoms with Crippen LogP contribution >= 0.6 is 22.7 Å². The molecular weight excluding hydrogens is 545 g/mol. The lowest BCUT2D eigenvalue weighted by Gasteiger charge is -2.29. The summed E-state index contributed by atoms with van der Waals surface area (Å²) in [5.41, 5.74) is 13.3. The van der Waals surface area contributed by atoms with Crippen LogP contribution in [0.25, 0.3) is 42.4 Å². The third-order valence-electron chi connectivity index (χ3n) is 9.14. The van der Waals surface area contributed by atoms with E-state index in [1.165, 1.54) is 114 Å². The molecule has 0 fully saturated rings. The largest absolute Gasteiger partial charge is 0.143 e. The van der Waals surface area contributed by atoms with Gasteiger partial charge in [-0.05, 0) is 108 Å². The van der Waals surface area contributed by atoms with Crippen molar-refractivity contribution in [1.29, 1.82) is 0 Å². The van der Waals surface area contributed by atoms with Crippen LogP contribution in [0.4, 0.5) is 0 Å². The number of hydrogen-bond acceptors (Lipinski definition) is 2. The number of benzene rings is 4. The van der Waals surface area contributed by atoms with Crippen LogP contribution in [0.3, 0.4) is 0 Å². The number of rotatable bonds is 12. The lowest BCUT2D eigenvalue weighted by molar-refractivity contribution is 0.794. The minimum atomic E-state index is 1.09. The molecule has 42 heavy (non-hydrogen) atoms. The molecule has 0 spiro atoms. The van der Waals surface area contributed by atoms with Crippen LogP contribution in [0.1, 0.15) is 72.2 Å². The van der Waals surface area contributed by atoms with Gasteiger partial charge in [0.2, 0.25) is 0 Å². The van der Waals surface area contributed by atoms with Gasteiger partial charge in [0, 0.05) is 36.2 Å². The first kappa shape index (κ1) is 27.6. The fraction of sp³-hybridized carbons (Fsp3) is 0.300. The summed E-state index contributed by atoms with van der Waals surface area (Å²) in [6.45, 7) is 4.53. The maximum Gasteiger partial charge on any atom is 0.0445 e. The van der Waals surface area contributed by atoms with Crippen LogP contribution in [0.15, 0.2) is 84.2 Å². The van der Waals surface area contributed by atoms with Gasteiger partial charge in [0.15, 0.2) is 0 Å². The van der Waals surface area contributed by atoms with Gasteiger partial charge < -0.3 is 0 Å². The van der Waals surface area contributed by atoms with Crippen molar-refractivity contribution < 1.29 is 0 Å². The highest BCUT2D eigenvalue weighted by atomic mass is 32.1. The van der Waals surface area contributed by atoms with Crippen molar-refractivity contribution in [2.45, 2.75) is 78.1 Å². The van der Waals surface area contributed by atoms with Crippen LogP contribution < -0.4 is 0 Å². The lowest BCUT2D eigenvalue weighted by atomic mass is 9.75. The predicted octanol–water partition coefficient (Wildman–Crippen LogP) is 12.0. The van der Waals surface area contributed by atoms with Crippen LogP contribution in [-0.2, 0) is 38.5 Å². The van der Waals surface area contributed by atoms with Gasteiger partial charge in [-0.15, -0.1) is 22.7 Å². The highest BCUT2D eigenvalue weighted by molar-refractivity contribution is 7.22. The lowest BCUT2D eigenvalue weighted by Crippen LogP contribution is -2.05. The van der Waals surface area contributed by atoms with E-state index in [2.05, 4.69) is 98.1 Å². The molecular formula is C40H40S2. The van der Waals surface area contributed by atoms with Gasteiger partial charge in [0.05, 0.1) is 0 Å². The Hall–Kier alpha value is -3.20. The monoisotopic (exact) mass is 584 g/mol. The third kappa shape index (κ3) is 5.25. The molecule has 4 aromatic carbocycles. The second-order valence-electron chi connectivity index (χ2n) is 12.0. The summed E-state index contributed by atoms with van der Waals surface area (Å²) < 4.78 is 2.96. The van der Waals surface area contributed by atoms with Gasteiger partial charge >= 0.3 is 0 Å². The first-order valence-electron chi connectivity index (χ1n) is 16.0. The molecule has 1 aliphatic carbocycles. The molecule has 2 heterocycles. The first-order chi connectivity index (χ1) is 20.7. The number of unbranched alkanes of at least 4 members (excludes halogenated alkanes) is 2. The van der Waals surface area contributed by atoms with E-state index in [1.54, 1.807) is 0 Å². The van der Waals surface area contributed by atoms with E-state index >= 15 is 0 Å². The standard InChI is InChI=1S/C40H40S2/c1-3-5-8-27-12-16-29(17-13-27)20-22-31-10-7-11-33-36(31)37-34-24-25-41-39(34)35-26-32(42-40(35)38(33)37)23-21-30-18-14-28(15-19-30)9-6-4-2/h7,10-19,24-26H,3-6,8-9,20-23H2,1-2H3. The molecule has 0 unspecified atom stereocenters. The van der Waals surface area contributed by atoms with Gasteiger partial charge in [-0.25, -0.2) is 0 Å². The molecule has 0 N–H and O–H groups in total. The molecule has 0 aliphatic heterocycles. The van der Waals surface area contributed by atoms with Gasteiger partial charge in [0.25, 0.3) is 0 Å². The minimum absolute atomic E-state index is 1.09. The number of hydrogen-bond donors (Lipinski definition) is 0. The van der Waals surface area contributed by atoms with Crippen LogP contribution in [0.5, 0.6) is 0 Å². The van der Waals surface area contributed by atoms with Crippen LogP contribution in [0, 0.1) is 0 Å². The average molecular weight is 585 g/mol. The Morgan fingerprint density at radius 1 is 0.524 bits per heavy atom. The molecule has 0 saturated heterocycles. The smallest absolute Gasteiger partial charge is 0.0445 e. The molecule has 1 aliphatic rings. The SMILES string of the molecule is CCCCc1ccc(CCc2cc3c(s2)c2c(c4ccsc43)-c3c(CCc4ccc(CCCC)cc4)cccc3-2)cc1. The molecule has 0 nitrogen and oxygen atoms in total. The van der Waals surface area contributed by atoms with Crippen molar-refractivity contribution in [3.8, 4) is 22.3 Å². The Morgan fingerprint density at radius 2 is 1.14 bits per heavy atom. The maximum atomic E-state index is 2.50. The maximum absolute atomic E-state index is 2.50. The van der Waals surface area contributed by atoms with E-state index in [0.29, 0.717) is 0 Å². The van der Waals surface area contributed by atoms with E-state index in [4.69, 9.17) is 0 Å². The van der Waals surface area contributed by atoms with E-state index in [1.807, 2.05) is 22.7 Å². The van der Waals surface area contributed by atoms with Gasteiger partial charge in [0.1, 0.15) is 0 Å². The van der Waals surface area contributed by atoms with Crippen LogP contribution in [0.2, 0.25) is 0 Å². The zero-order chi connectivity index (χ0) is 28.5. The normalized spacial score (nSPS) is 12.0. The molecule has 0 radical (unpaired) electrons. The Balaban J connectivity index is 1.14. The highest BCUT2D eigenvalue weighted by Crippen LogP contribution is 2.58. The molecule has 2 aromatic heterocycles. The molecule has 212 valence electrons. The number of fused-ring (bicyclic) bond motifs is 9. The highest BCUT2D eigenvalue weighted by Gasteiger charge is 2.31. The zero-order valence-electron chi connectivity index (χ0n) is 25.0. The van der Waals surface area contributed by atoms with Gasteiger partial charge in [-0.1, -0.05) is 93.4 Å². The van der Waals surface area contributed by atoms with E-state index in [0.717, 1.165) is 25.7 Å². The van der Waals surface area contributed by atoms with Crippen molar-refractivity contribution >= 4 is 42.8 Å². The molecule has 0 bridgehead atoms. The molecule has 2 heteroatoms. The van der Waals surface area contributed by atoms with Crippen molar-refractivity contribution in [2.24, 2.45) is 0 Å². The average Bonchev–Trinajstić information content (AvgIpc) is 3.66. The summed E-state index contributed by atoms with van der Waals surface area (Å²) in [7, 11) is 0. The van der Waals surface area contributed by atoms with Crippen molar-refractivity contribution in [3.05, 3.63) is 117 Å². The quantitative estimate of drug-likeness (QED) is 0.134. The fourth-order valence-electron chi connectivity index (χ4n) is 6.70. The molecule has 0 amide bonds. The second kappa shape index (κ2) is 12.2. The number of thiophene rings is 2. The zero-order valence-corrected chi connectivity index (χ0v) is 26.6. The van der Waals surface area contributed by atoms with Crippen molar-refractivity contribution in [1.82, 2.24) is 0 Å². The summed E-state index contributed by atoms with van der Waals surface area (Å²) in [5, 5.41) is 5.21. The molecule has 7 rings (SSSR count). The van der Waals surface area contributed by atoms with Crippen molar-refractivity contribution in [2.75, 3.05) is 0 Å². The summed E-state index contributed by atoms with van der Waals surface area (Å²) in [5.74, 6) is 0. The second-order valence-corrected chi connectivity index (χ2v) is 14.1. The van der Waals surface area contributed by atoms with E-state index in [-0.39, 0.29) is 0 Å². The Morgan fingerprint density at radius 3 is 1.79 bits per heavy atom. The molecule has 6 aromatic rings. The van der Waals surface area contributed by atoms with Gasteiger partial charge in [-0.3, -0.25) is 0 Å². The molecule has 0 atom stereocenters. The Bertz CT molecular complexity index is 1830.